The van der Waals surface area contributed by atoms with E-state index in [4.69, 9.17) is 0 Å². The predicted octanol–water partition coefficient (Wildman–Crippen LogP) is 1.74. The van der Waals surface area contributed by atoms with Gasteiger partial charge in [-0.05, 0) is 32.3 Å². The summed E-state index contributed by atoms with van der Waals surface area (Å²) in [5.41, 5.74) is 0. The fourth-order valence-electron chi connectivity index (χ4n) is 2.13. The molecule has 1 aromatic rings. The molecule has 2 rings (SSSR count). The molecule has 0 bridgehead atoms. The van der Waals surface area contributed by atoms with Crippen molar-refractivity contribution in [1.82, 2.24) is 15.1 Å². The Labute approximate surface area is 102 Å². The zero-order chi connectivity index (χ0) is 12.1. The normalized spacial score (nSPS) is 21.1. The van der Waals surface area contributed by atoms with Gasteiger partial charge in [0.05, 0.1) is 6.54 Å². The highest BCUT2D eigenvalue weighted by Crippen LogP contribution is 2.18. The van der Waals surface area contributed by atoms with Gasteiger partial charge in [0.1, 0.15) is 0 Å². The molecule has 1 amide bonds. The van der Waals surface area contributed by atoms with Crippen molar-refractivity contribution in [1.29, 1.82) is 0 Å². The fraction of sp³-hybridized carbons (Fsp3) is 0.538. The van der Waals surface area contributed by atoms with Crippen LogP contribution >= 0.6 is 0 Å². The van der Waals surface area contributed by atoms with Gasteiger partial charge < -0.3 is 5.32 Å². The van der Waals surface area contributed by atoms with E-state index in [0.29, 0.717) is 0 Å². The maximum atomic E-state index is 12.0. The number of amides is 1. The zero-order valence-electron chi connectivity index (χ0n) is 10.2. The third-order valence-electron chi connectivity index (χ3n) is 3.05. The molecule has 0 unspecified atom stereocenters. The predicted molar refractivity (Wildman–Crippen MR) is 66.3 cm³/mol. The highest BCUT2D eigenvalue weighted by molar-refractivity contribution is 5.79. The summed E-state index contributed by atoms with van der Waals surface area (Å²) in [6.45, 7) is 2.74. The monoisotopic (exact) mass is 233 g/mol. The summed E-state index contributed by atoms with van der Waals surface area (Å²) < 4.78 is 1.84. The van der Waals surface area contributed by atoms with Gasteiger partial charge in [0.15, 0.2) is 0 Å². The SMILES string of the molecule is C[C@H](Cn1cccn1)NC(=O)[C@H]1CC=CCC1. The van der Waals surface area contributed by atoms with E-state index in [1.165, 1.54) is 0 Å². The lowest BCUT2D eigenvalue weighted by atomic mass is 9.93. The molecular weight excluding hydrogens is 214 g/mol. The number of carbonyl (C=O) groups excluding carboxylic acids is 1. The van der Waals surface area contributed by atoms with E-state index in [-0.39, 0.29) is 17.9 Å². The van der Waals surface area contributed by atoms with Crippen molar-refractivity contribution in [3.63, 3.8) is 0 Å². The van der Waals surface area contributed by atoms with Gasteiger partial charge in [0.2, 0.25) is 5.91 Å². The molecule has 0 saturated carbocycles. The van der Waals surface area contributed by atoms with E-state index < -0.39 is 0 Å². The largest absolute Gasteiger partial charge is 0.352 e. The summed E-state index contributed by atoms with van der Waals surface area (Å²) in [5.74, 6) is 0.328. The maximum Gasteiger partial charge on any atom is 0.223 e. The number of nitrogens with one attached hydrogen (secondary N) is 1. The minimum atomic E-state index is 0.119. The molecule has 0 saturated heterocycles. The second-order valence-electron chi connectivity index (χ2n) is 4.62. The maximum absolute atomic E-state index is 12.0. The highest BCUT2D eigenvalue weighted by Gasteiger charge is 2.19. The lowest BCUT2D eigenvalue weighted by molar-refractivity contribution is -0.125. The Kier molecular flexibility index (Phi) is 3.96. The molecule has 1 aliphatic carbocycles. The van der Waals surface area contributed by atoms with Crippen LogP contribution in [0.5, 0.6) is 0 Å². The van der Waals surface area contributed by atoms with Crippen LogP contribution in [0.25, 0.3) is 0 Å². The smallest absolute Gasteiger partial charge is 0.223 e. The topological polar surface area (TPSA) is 46.9 Å². The Morgan fingerprint density at radius 2 is 2.47 bits per heavy atom. The molecule has 1 aliphatic rings. The Bertz CT molecular complexity index is 383. The minimum absolute atomic E-state index is 0.119. The molecule has 0 aromatic carbocycles. The number of allylic oxidation sites excluding steroid dienone is 2. The average Bonchev–Trinajstić information content (AvgIpc) is 2.82. The number of rotatable bonds is 4. The third kappa shape index (κ3) is 3.44. The van der Waals surface area contributed by atoms with Crippen LogP contribution in [0.3, 0.4) is 0 Å². The number of hydrogen-bond donors (Lipinski definition) is 1. The van der Waals surface area contributed by atoms with Gasteiger partial charge in [-0.15, -0.1) is 0 Å². The van der Waals surface area contributed by atoms with Crippen LogP contribution in [0.1, 0.15) is 26.2 Å². The van der Waals surface area contributed by atoms with Crippen LogP contribution in [-0.2, 0) is 11.3 Å². The minimum Gasteiger partial charge on any atom is -0.352 e. The van der Waals surface area contributed by atoms with Crippen molar-refractivity contribution in [2.24, 2.45) is 5.92 Å². The van der Waals surface area contributed by atoms with Gasteiger partial charge in [-0.25, -0.2) is 0 Å². The van der Waals surface area contributed by atoms with Gasteiger partial charge in [-0.2, -0.15) is 5.10 Å². The molecule has 4 nitrogen and oxygen atoms in total. The molecule has 92 valence electrons. The summed E-state index contributed by atoms with van der Waals surface area (Å²) in [5, 5.41) is 7.18. The van der Waals surface area contributed by atoms with Crippen molar-refractivity contribution in [2.75, 3.05) is 0 Å². The molecular formula is C13H19N3O. The van der Waals surface area contributed by atoms with Crippen molar-refractivity contribution in [2.45, 2.75) is 38.8 Å². The molecule has 0 aliphatic heterocycles. The van der Waals surface area contributed by atoms with Gasteiger partial charge in [0.25, 0.3) is 0 Å². The quantitative estimate of drug-likeness (QED) is 0.805. The first-order chi connectivity index (χ1) is 8.25. The Morgan fingerprint density at radius 1 is 1.59 bits per heavy atom. The second kappa shape index (κ2) is 5.66. The summed E-state index contributed by atoms with van der Waals surface area (Å²) in [6, 6.07) is 2.01. The van der Waals surface area contributed by atoms with E-state index in [1.54, 1.807) is 6.20 Å². The van der Waals surface area contributed by atoms with Crippen LogP contribution in [0.2, 0.25) is 0 Å². The first kappa shape index (κ1) is 11.9. The van der Waals surface area contributed by atoms with Crippen molar-refractivity contribution >= 4 is 5.91 Å². The summed E-state index contributed by atoms with van der Waals surface area (Å²) in [4.78, 5) is 12.0. The molecule has 1 aromatic heterocycles. The lowest BCUT2D eigenvalue weighted by Gasteiger charge is -2.20. The van der Waals surface area contributed by atoms with E-state index >= 15 is 0 Å². The van der Waals surface area contributed by atoms with E-state index in [9.17, 15) is 4.79 Å². The highest BCUT2D eigenvalue weighted by atomic mass is 16.1. The van der Waals surface area contributed by atoms with Crippen LogP contribution in [0.4, 0.5) is 0 Å². The molecule has 0 fully saturated rings. The number of hydrogen-bond acceptors (Lipinski definition) is 2. The van der Waals surface area contributed by atoms with Gasteiger partial charge in [-0.3, -0.25) is 9.48 Å². The van der Waals surface area contributed by atoms with Crippen LogP contribution < -0.4 is 5.32 Å². The standard InChI is InChI=1S/C13H19N3O/c1-11(10-16-9-5-8-14-16)15-13(17)12-6-3-2-4-7-12/h2-3,5,8-9,11-12H,4,6-7,10H2,1H3,(H,15,17)/t11-,12+/m1/s1. The zero-order valence-corrected chi connectivity index (χ0v) is 10.2. The Morgan fingerprint density at radius 3 is 3.12 bits per heavy atom. The van der Waals surface area contributed by atoms with Crippen molar-refractivity contribution in [3.05, 3.63) is 30.6 Å². The molecule has 0 radical (unpaired) electrons. The first-order valence-electron chi connectivity index (χ1n) is 6.18. The van der Waals surface area contributed by atoms with Crippen LogP contribution in [-0.4, -0.2) is 21.7 Å². The number of carbonyl (C=O) groups is 1. The van der Waals surface area contributed by atoms with E-state index in [0.717, 1.165) is 25.8 Å². The fourth-order valence-corrected chi connectivity index (χ4v) is 2.13. The van der Waals surface area contributed by atoms with Gasteiger partial charge >= 0.3 is 0 Å². The van der Waals surface area contributed by atoms with Crippen molar-refractivity contribution in [3.8, 4) is 0 Å². The molecule has 1 N–H and O–H groups in total. The van der Waals surface area contributed by atoms with E-state index in [1.807, 2.05) is 23.9 Å². The Balaban J connectivity index is 1.79. The van der Waals surface area contributed by atoms with Crippen LogP contribution in [0, 0.1) is 5.92 Å². The lowest BCUT2D eigenvalue weighted by Crippen LogP contribution is -2.39. The average molecular weight is 233 g/mol. The third-order valence-corrected chi connectivity index (χ3v) is 3.05. The van der Waals surface area contributed by atoms with Gasteiger partial charge in [-0.1, -0.05) is 12.2 Å². The molecule has 0 spiro atoms. The van der Waals surface area contributed by atoms with Gasteiger partial charge in [0, 0.05) is 24.4 Å². The summed E-state index contributed by atoms with van der Waals surface area (Å²) in [6.07, 6.45) is 10.8. The molecule has 4 heteroatoms. The summed E-state index contributed by atoms with van der Waals surface area (Å²) in [7, 11) is 0. The molecule has 2 atom stereocenters. The summed E-state index contributed by atoms with van der Waals surface area (Å²) >= 11 is 0. The number of aromatic nitrogens is 2. The molecule has 1 heterocycles. The number of nitrogens with zero attached hydrogens (tertiary/aromatic N) is 2. The molecule has 17 heavy (non-hydrogen) atoms. The first-order valence-corrected chi connectivity index (χ1v) is 6.18. The van der Waals surface area contributed by atoms with Crippen LogP contribution in [0.15, 0.2) is 30.6 Å². The Hall–Kier alpha value is -1.58. The second-order valence-corrected chi connectivity index (χ2v) is 4.62. The van der Waals surface area contributed by atoms with E-state index in [2.05, 4.69) is 22.6 Å². The van der Waals surface area contributed by atoms with Crippen molar-refractivity contribution < 1.29 is 4.79 Å².